The Morgan fingerprint density at radius 3 is 2.85 bits per heavy atom. The van der Waals surface area contributed by atoms with Crippen LogP contribution in [0.25, 0.3) is 0 Å². The first-order valence-electron chi connectivity index (χ1n) is 11.5. The third kappa shape index (κ3) is 8.07. The normalized spacial score (nSPS) is 22.6. The number of anilines is 1. The number of benzene rings is 1. The van der Waals surface area contributed by atoms with E-state index in [9.17, 15) is 14.0 Å². The Labute approximate surface area is 198 Å². The Kier molecular flexibility index (Phi) is 9.34. The molecule has 1 aromatic heterocycles. The minimum Gasteiger partial charge on any atom is -0.464 e. The predicted molar refractivity (Wildman–Crippen MR) is 123 cm³/mol. The van der Waals surface area contributed by atoms with Gasteiger partial charge in [0, 0.05) is 44.8 Å². The van der Waals surface area contributed by atoms with Gasteiger partial charge in [0.05, 0.1) is 18.9 Å². The maximum Gasteiger partial charge on any atom is 0.321 e. The summed E-state index contributed by atoms with van der Waals surface area (Å²) < 4.78 is 26.3. The standard InChI is InChI=1S/C23H33FN6O4/c1-16-11-25-17(2)14-34-22(31)5-4-10-30-12-20(27-28-30)15-33-21(16)13-29(3)23(32)26-19-8-6-18(24)7-9-19/h6-9,12,16-17,21,25H,4-5,10-11,13-15H2,1-3H3,(H,26,32)/t16-,17-,21-/m0/s1. The molecule has 0 radical (unpaired) electrons. The lowest BCUT2D eigenvalue weighted by atomic mass is 10.0. The molecule has 34 heavy (non-hydrogen) atoms. The number of hydrogen-bond donors (Lipinski definition) is 2. The summed E-state index contributed by atoms with van der Waals surface area (Å²) in [7, 11) is 1.68. The summed E-state index contributed by atoms with van der Waals surface area (Å²) in [4.78, 5) is 26.2. The Morgan fingerprint density at radius 2 is 2.09 bits per heavy atom. The molecular weight excluding hydrogens is 443 g/mol. The van der Waals surface area contributed by atoms with Crippen LogP contribution in [0.1, 0.15) is 32.4 Å². The third-order valence-electron chi connectivity index (χ3n) is 5.61. The van der Waals surface area contributed by atoms with E-state index in [1.807, 2.05) is 13.8 Å². The van der Waals surface area contributed by atoms with Crippen LogP contribution in [0.5, 0.6) is 0 Å². The molecule has 3 atom stereocenters. The Hall–Kier alpha value is -3.05. The molecule has 2 heterocycles. The highest BCUT2D eigenvalue weighted by Gasteiger charge is 2.24. The number of likely N-dealkylation sites (N-methyl/N-ethyl adjacent to an activating group) is 1. The largest absolute Gasteiger partial charge is 0.464 e. The van der Waals surface area contributed by atoms with Crippen molar-refractivity contribution in [3.63, 3.8) is 0 Å². The number of aromatic nitrogens is 3. The number of nitrogens with one attached hydrogen (secondary N) is 2. The first kappa shape index (κ1) is 25.6. The predicted octanol–water partition coefficient (Wildman–Crippen LogP) is 2.42. The van der Waals surface area contributed by atoms with E-state index in [2.05, 4.69) is 20.9 Å². The van der Waals surface area contributed by atoms with Gasteiger partial charge in [0.1, 0.15) is 18.1 Å². The van der Waals surface area contributed by atoms with Gasteiger partial charge in [-0.3, -0.25) is 9.48 Å². The van der Waals surface area contributed by atoms with Gasteiger partial charge in [-0.05, 0) is 43.5 Å². The number of cyclic esters (lactones) is 1. The molecule has 0 saturated carbocycles. The third-order valence-corrected chi connectivity index (χ3v) is 5.61. The second kappa shape index (κ2) is 12.4. The molecule has 2 N–H and O–H groups in total. The van der Waals surface area contributed by atoms with E-state index in [-0.39, 0.29) is 49.1 Å². The van der Waals surface area contributed by atoms with Crippen LogP contribution in [0.2, 0.25) is 0 Å². The molecule has 0 fully saturated rings. The zero-order valence-corrected chi connectivity index (χ0v) is 19.9. The van der Waals surface area contributed by atoms with E-state index in [1.54, 1.807) is 17.9 Å². The highest BCUT2D eigenvalue weighted by Crippen LogP contribution is 2.14. The summed E-state index contributed by atoms with van der Waals surface area (Å²) >= 11 is 0. The molecule has 2 aromatic rings. The number of ether oxygens (including phenoxy) is 2. The molecule has 11 heteroatoms. The summed E-state index contributed by atoms with van der Waals surface area (Å²) in [5.74, 6) is -0.570. The Bertz CT molecular complexity index is 938. The van der Waals surface area contributed by atoms with Gasteiger partial charge in [-0.1, -0.05) is 12.1 Å². The first-order chi connectivity index (χ1) is 16.3. The quantitative estimate of drug-likeness (QED) is 0.655. The number of esters is 1. The number of aryl methyl sites for hydroxylation is 1. The van der Waals surface area contributed by atoms with E-state index in [0.29, 0.717) is 43.9 Å². The fraction of sp³-hybridized carbons (Fsp3) is 0.565. The molecule has 10 nitrogen and oxygen atoms in total. The molecular formula is C23H33FN6O4. The minimum absolute atomic E-state index is 0.0212. The summed E-state index contributed by atoms with van der Waals surface area (Å²) in [6, 6.07) is 5.25. The van der Waals surface area contributed by atoms with Crippen LogP contribution in [0.4, 0.5) is 14.9 Å². The number of hydrogen-bond acceptors (Lipinski definition) is 7. The first-order valence-corrected chi connectivity index (χ1v) is 11.5. The van der Waals surface area contributed by atoms with E-state index >= 15 is 0 Å². The van der Waals surface area contributed by atoms with Crippen molar-refractivity contribution in [2.75, 3.05) is 32.1 Å². The number of amides is 2. The summed E-state index contributed by atoms with van der Waals surface area (Å²) in [5, 5.41) is 14.4. The SMILES string of the molecule is C[C@H]1COC(=O)CCCn2cc(nn2)CO[C@@H](CN(C)C(=O)Nc2ccc(F)cc2)[C@@H](C)CN1. The molecule has 2 bridgehead atoms. The highest BCUT2D eigenvalue weighted by atomic mass is 19.1. The van der Waals surface area contributed by atoms with Gasteiger partial charge in [0.15, 0.2) is 0 Å². The summed E-state index contributed by atoms with van der Waals surface area (Å²) in [5.41, 5.74) is 1.18. The number of nitrogens with zero attached hydrogens (tertiary/aromatic N) is 4. The lowest BCUT2D eigenvalue weighted by molar-refractivity contribution is -0.144. The number of fused-ring (bicyclic) bond motifs is 2. The van der Waals surface area contributed by atoms with Crippen molar-refractivity contribution in [3.05, 3.63) is 42.0 Å². The second-order valence-corrected chi connectivity index (χ2v) is 8.71. The maximum absolute atomic E-state index is 13.1. The zero-order chi connectivity index (χ0) is 24.5. The summed E-state index contributed by atoms with van der Waals surface area (Å²) in [6.45, 7) is 6.00. The van der Waals surface area contributed by atoms with Crippen LogP contribution >= 0.6 is 0 Å². The second-order valence-electron chi connectivity index (χ2n) is 8.71. The van der Waals surface area contributed by atoms with Crippen molar-refractivity contribution in [2.24, 2.45) is 5.92 Å². The molecule has 2 amide bonds. The van der Waals surface area contributed by atoms with Crippen molar-refractivity contribution >= 4 is 17.7 Å². The topological polar surface area (TPSA) is 111 Å². The molecule has 0 aliphatic carbocycles. The average Bonchev–Trinajstić information content (AvgIpc) is 3.27. The maximum atomic E-state index is 13.1. The van der Waals surface area contributed by atoms with Crippen molar-refractivity contribution in [3.8, 4) is 0 Å². The van der Waals surface area contributed by atoms with Crippen molar-refractivity contribution < 1.29 is 23.5 Å². The van der Waals surface area contributed by atoms with Crippen LogP contribution < -0.4 is 10.6 Å². The molecule has 1 aliphatic rings. The molecule has 0 unspecified atom stereocenters. The Morgan fingerprint density at radius 1 is 1.32 bits per heavy atom. The number of rotatable bonds is 3. The highest BCUT2D eigenvalue weighted by molar-refractivity contribution is 5.89. The van der Waals surface area contributed by atoms with Crippen molar-refractivity contribution in [1.29, 1.82) is 0 Å². The van der Waals surface area contributed by atoms with Crippen LogP contribution in [-0.4, -0.2) is 70.8 Å². The number of urea groups is 1. The molecule has 0 saturated heterocycles. The van der Waals surface area contributed by atoms with Gasteiger partial charge in [0.25, 0.3) is 0 Å². The molecule has 3 rings (SSSR count). The lowest BCUT2D eigenvalue weighted by Crippen LogP contribution is -2.44. The van der Waals surface area contributed by atoms with Gasteiger partial charge in [-0.25, -0.2) is 9.18 Å². The van der Waals surface area contributed by atoms with E-state index in [0.717, 1.165) is 0 Å². The fourth-order valence-electron chi connectivity index (χ4n) is 3.46. The molecule has 1 aromatic carbocycles. The van der Waals surface area contributed by atoms with Gasteiger partial charge in [-0.2, -0.15) is 0 Å². The van der Waals surface area contributed by atoms with E-state index in [1.165, 1.54) is 29.2 Å². The van der Waals surface area contributed by atoms with Gasteiger partial charge < -0.3 is 25.0 Å². The average molecular weight is 477 g/mol. The number of halogens is 1. The minimum atomic E-state index is -0.368. The van der Waals surface area contributed by atoms with E-state index < -0.39 is 0 Å². The number of carbonyl (C=O) groups is 2. The zero-order valence-electron chi connectivity index (χ0n) is 19.9. The van der Waals surface area contributed by atoms with Crippen molar-refractivity contribution in [1.82, 2.24) is 25.2 Å². The number of carbonyl (C=O) groups excluding carboxylic acids is 2. The molecule has 1 aliphatic heterocycles. The van der Waals surface area contributed by atoms with E-state index in [4.69, 9.17) is 9.47 Å². The van der Waals surface area contributed by atoms with Gasteiger partial charge in [-0.15, -0.1) is 5.10 Å². The van der Waals surface area contributed by atoms with Crippen LogP contribution in [0.15, 0.2) is 30.5 Å². The van der Waals surface area contributed by atoms with Crippen molar-refractivity contribution in [2.45, 2.75) is 52.0 Å². The Balaban J connectivity index is 1.65. The molecule has 0 spiro atoms. The van der Waals surface area contributed by atoms with Crippen LogP contribution in [0, 0.1) is 11.7 Å². The van der Waals surface area contributed by atoms with Gasteiger partial charge in [0.2, 0.25) is 0 Å². The monoisotopic (exact) mass is 476 g/mol. The van der Waals surface area contributed by atoms with Gasteiger partial charge >= 0.3 is 12.0 Å². The lowest BCUT2D eigenvalue weighted by Gasteiger charge is -2.30. The fourth-order valence-corrected chi connectivity index (χ4v) is 3.46. The van der Waals surface area contributed by atoms with Crippen LogP contribution in [-0.2, 0) is 27.4 Å². The van der Waals surface area contributed by atoms with Crippen LogP contribution in [0.3, 0.4) is 0 Å². The smallest absolute Gasteiger partial charge is 0.321 e. The molecule has 186 valence electrons. The summed E-state index contributed by atoms with van der Waals surface area (Å²) in [6.07, 6.45) is 2.43.